The van der Waals surface area contributed by atoms with Crippen LogP contribution in [0.4, 0.5) is 9.18 Å². The minimum atomic E-state index is -1.64. The van der Waals surface area contributed by atoms with Crippen molar-refractivity contribution < 1.29 is 18.7 Å². The zero-order valence-electron chi connectivity index (χ0n) is 25.5. The first kappa shape index (κ1) is 31.1. The van der Waals surface area contributed by atoms with E-state index in [-0.39, 0.29) is 30.6 Å². The monoisotopic (exact) mass is 645 g/mol. The average Bonchev–Trinajstić information content (AvgIpc) is 3.58. The highest BCUT2D eigenvalue weighted by molar-refractivity contribution is 6.33. The van der Waals surface area contributed by atoms with Gasteiger partial charge in [-0.25, -0.2) is 14.2 Å². The molecule has 0 spiro atoms. The lowest BCUT2D eigenvalue weighted by atomic mass is 9.75. The third kappa shape index (κ3) is 6.27. The molecule has 1 saturated heterocycles. The van der Waals surface area contributed by atoms with Crippen molar-refractivity contribution in [3.63, 3.8) is 0 Å². The lowest BCUT2D eigenvalue weighted by molar-refractivity contribution is -0.135. The number of carbonyl (C=O) groups excluding carboxylic acids is 2. The fraction of sp³-hybridized carbons (Fsp3) is 0.344. The molecule has 2 atom stereocenters. The summed E-state index contributed by atoms with van der Waals surface area (Å²) in [4.78, 5) is 41.2. The summed E-state index contributed by atoms with van der Waals surface area (Å²) in [5.41, 5.74) is -0.0601. The molecule has 14 heteroatoms. The number of hydrogen-bond acceptors (Lipinski definition) is 8. The number of benzene rings is 2. The largest absolute Gasteiger partial charge is 0.447 e. The Bertz CT molecular complexity index is 1780. The highest BCUT2D eigenvalue weighted by Crippen LogP contribution is 2.44. The van der Waals surface area contributed by atoms with Gasteiger partial charge in [0.25, 0.3) is 5.91 Å². The van der Waals surface area contributed by atoms with Gasteiger partial charge in [-0.3, -0.25) is 30.2 Å². The zero-order valence-corrected chi connectivity index (χ0v) is 26.2. The summed E-state index contributed by atoms with van der Waals surface area (Å²) in [6.07, 6.45) is 7.17. The van der Waals surface area contributed by atoms with Crippen LogP contribution in [0.3, 0.4) is 0 Å². The van der Waals surface area contributed by atoms with Crippen molar-refractivity contribution in [3.05, 3.63) is 83.3 Å². The molecule has 12 nitrogen and oxygen atoms in total. The predicted octanol–water partition coefficient (Wildman–Crippen LogP) is 5.35. The molecule has 0 unspecified atom stereocenters. The molecule has 2 aromatic carbocycles. The molecule has 3 heterocycles. The van der Waals surface area contributed by atoms with Crippen molar-refractivity contribution in [1.29, 1.82) is 5.41 Å². The molecule has 2 aromatic heterocycles. The molecule has 4 aromatic rings. The summed E-state index contributed by atoms with van der Waals surface area (Å²) in [6.45, 7) is 5.53. The highest BCUT2D eigenvalue weighted by atomic mass is 35.5. The van der Waals surface area contributed by atoms with Gasteiger partial charge in [-0.1, -0.05) is 50.6 Å². The Morgan fingerprint density at radius 1 is 1.22 bits per heavy atom. The van der Waals surface area contributed by atoms with E-state index in [2.05, 4.69) is 35.8 Å². The number of rotatable bonds is 9. The summed E-state index contributed by atoms with van der Waals surface area (Å²) in [5, 5.41) is 22.0. The van der Waals surface area contributed by atoms with Crippen LogP contribution in [0, 0.1) is 16.6 Å². The lowest BCUT2D eigenvalue weighted by Gasteiger charge is -2.35. The zero-order chi connectivity index (χ0) is 32.6. The number of ether oxygens (including phenoxy) is 1. The maximum Gasteiger partial charge on any atom is 0.407 e. The van der Waals surface area contributed by atoms with Gasteiger partial charge < -0.3 is 15.4 Å². The summed E-state index contributed by atoms with van der Waals surface area (Å²) >= 11 is 6.51. The molecular weight excluding hydrogens is 613 g/mol. The van der Waals surface area contributed by atoms with E-state index in [0.717, 1.165) is 12.8 Å². The first-order valence-corrected chi connectivity index (χ1v) is 15.2. The minimum Gasteiger partial charge on any atom is -0.447 e. The number of H-pyrrole nitrogens is 1. The second kappa shape index (κ2) is 12.1. The van der Waals surface area contributed by atoms with E-state index in [1.807, 2.05) is 20.8 Å². The SMILES string of the molecule is CC(C)(C)C[C@]1(c2ccc(-c3cnccn3)cc2F)NC(=N)N([C@H](COC(=O)NC2CC2)c2ccc(Cl)c(-c3ncn[nH]3)c2)C1=O. The molecule has 46 heavy (non-hydrogen) atoms. The molecule has 1 aliphatic carbocycles. The first-order valence-electron chi connectivity index (χ1n) is 14.8. The number of aromatic nitrogens is 5. The van der Waals surface area contributed by atoms with E-state index in [0.29, 0.717) is 33.2 Å². The van der Waals surface area contributed by atoms with Crippen molar-refractivity contribution in [2.24, 2.45) is 5.41 Å². The van der Waals surface area contributed by atoms with Crippen LogP contribution in [0.5, 0.6) is 0 Å². The molecule has 2 amide bonds. The number of nitrogens with one attached hydrogen (secondary N) is 4. The average molecular weight is 646 g/mol. The van der Waals surface area contributed by atoms with E-state index in [1.165, 1.54) is 35.9 Å². The quantitative estimate of drug-likeness (QED) is 0.189. The standard InChI is InChI=1S/C32H33ClFN9O3/c1-31(2,3)16-32(22-8-4-18(13-24(22)34)25-14-36-10-11-37-25)28(44)43(29(35)41-32)26(15-46-30(45)40-20-6-7-20)19-5-9-23(33)21(12-19)27-38-17-39-42-27/h4-5,8-14,17,20,26H,6-7,15-16H2,1-3H3,(H2,35,41)(H,40,45)(H,38,39,42)/t26-,32-/m1/s1. The number of amides is 2. The number of carbonyl (C=O) groups is 2. The molecule has 2 aliphatic rings. The first-order chi connectivity index (χ1) is 21.9. The number of nitrogens with zero attached hydrogens (tertiary/aromatic N) is 5. The number of hydrogen-bond donors (Lipinski definition) is 4. The summed E-state index contributed by atoms with van der Waals surface area (Å²) < 4.78 is 21.8. The molecular formula is C32H33ClFN9O3. The minimum absolute atomic E-state index is 0.0557. The van der Waals surface area contributed by atoms with Crippen molar-refractivity contribution >= 4 is 29.6 Å². The number of halogens is 2. The number of alkyl carbamates (subject to hydrolysis) is 1. The molecule has 4 N–H and O–H groups in total. The summed E-state index contributed by atoms with van der Waals surface area (Å²) in [5.74, 6) is -1.07. The van der Waals surface area contributed by atoms with Crippen LogP contribution in [-0.2, 0) is 15.1 Å². The van der Waals surface area contributed by atoms with Crippen molar-refractivity contribution in [3.8, 4) is 22.6 Å². The van der Waals surface area contributed by atoms with Crippen LogP contribution in [0.25, 0.3) is 22.6 Å². The van der Waals surface area contributed by atoms with Gasteiger partial charge >= 0.3 is 6.09 Å². The normalized spacial score (nSPS) is 18.8. The Morgan fingerprint density at radius 3 is 2.67 bits per heavy atom. The van der Waals surface area contributed by atoms with Gasteiger partial charge in [0.1, 0.15) is 24.3 Å². The fourth-order valence-electron chi connectivity index (χ4n) is 5.76. The molecule has 6 rings (SSSR count). The summed E-state index contributed by atoms with van der Waals surface area (Å²) in [7, 11) is 0. The number of aromatic amines is 1. The van der Waals surface area contributed by atoms with E-state index in [9.17, 15) is 9.59 Å². The predicted molar refractivity (Wildman–Crippen MR) is 168 cm³/mol. The molecule has 0 bridgehead atoms. The van der Waals surface area contributed by atoms with Gasteiger partial charge in [0.2, 0.25) is 0 Å². The van der Waals surface area contributed by atoms with E-state index in [4.69, 9.17) is 21.7 Å². The van der Waals surface area contributed by atoms with Gasteiger partial charge in [0.15, 0.2) is 11.8 Å². The maximum atomic E-state index is 16.2. The Labute approximate surface area is 269 Å². The van der Waals surface area contributed by atoms with Gasteiger partial charge in [-0.05, 0) is 48.4 Å². The third-order valence-electron chi connectivity index (χ3n) is 7.87. The molecule has 1 aliphatic heterocycles. The van der Waals surface area contributed by atoms with Crippen molar-refractivity contribution in [1.82, 2.24) is 40.7 Å². The second-order valence-electron chi connectivity index (χ2n) is 12.7. The Morgan fingerprint density at radius 2 is 2.02 bits per heavy atom. The Hall–Kier alpha value is -4.91. The summed E-state index contributed by atoms with van der Waals surface area (Å²) in [6, 6.07) is 8.66. The molecule has 0 radical (unpaired) electrons. The molecule has 2 fully saturated rings. The van der Waals surface area contributed by atoms with Crippen molar-refractivity contribution in [2.45, 2.75) is 57.7 Å². The van der Waals surface area contributed by atoms with Crippen molar-refractivity contribution in [2.75, 3.05) is 6.61 Å². The molecule has 238 valence electrons. The fourth-order valence-corrected chi connectivity index (χ4v) is 5.97. The highest BCUT2D eigenvalue weighted by Gasteiger charge is 2.55. The van der Waals surface area contributed by atoms with Crippen LogP contribution in [0.15, 0.2) is 61.3 Å². The topological polar surface area (TPSA) is 162 Å². The van der Waals surface area contributed by atoms with Gasteiger partial charge in [-0.15, -0.1) is 0 Å². The van der Waals surface area contributed by atoms with Crippen LogP contribution < -0.4 is 10.6 Å². The van der Waals surface area contributed by atoms with Crippen LogP contribution >= 0.6 is 11.6 Å². The second-order valence-corrected chi connectivity index (χ2v) is 13.1. The lowest BCUT2D eigenvalue weighted by Crippen LogP contribution is -2.48. The van der Waals surface area contributed by atoms with Gasteiger partial charge in [0.05, 0.1) is 23.0 Å². The van der Waals surface area contributed by atoms with Crippen LogP contribution in [0.1, 0.15) is 57.2 Å². The maximum absolute atomic E-state index is 16.2. The third-order valence-corrected chi connectivity index (χ3v) is 8.20. The van der Waals surface area contributed by atoms with Crippen LogP contribution in [-0.4, -0.2) is 60.7 Å². The van der Waals surface area contributed by atoms with Crippen LogP contribution in [0.2, 0.25) is 5.02 Å². The van der Waals surface area contributed by atoms with E-state index >= 15 is 4.39 Å². The van der Waals surface area contributed by atoms with E-state index in [1.54, 1.807) is 30.3 Å². The molecule has 1 saturated carbocycles. The number of guanidine groups is 1. The Kier molecular flexibility index (Phi) is 8.19. The van der Waals surface area contributed by atoms with E-state index < -0.39 is 34.8 Å². The Balaban J connectivity index is 1.42. The smallest absolute Gasteiger partial charge is 0.407 e. The van der Waals surface area contributed by atoms with Gasteiger partial charge in [-0.2, -0.15) is 5.10 Å². The van der Waals surface area contributed by atoms with Gasteiger partial charge in [0, 0.05) is 35.1 Å².